The molecule has 0 aliphatic heterocycles. The van der Waals surface area contributed by atoms with Gasteiger partial charge in [0, 0.05) is 17.7 Å². The first-order chi connectivity index (χ1) is 11.5. The third kappa shape index (κ3) is 3.22. The summed E-state index contributed by atoms with van der Waals surface area (Å²) in [6.07, 6.45) is 0. The number of aromatic nitrogens is 2. The first kappa shape index (κ1) is 15.6. The van der Waals surface area contributed by atoms with Gasteiger partial charge < -0.3 is 4.42 Å². The van der Waals surface area contributed by atoms with Crippen molar-refractivity contribution in [2.75, 3.05) is 4.72 Å². The average molecular weight is 346 g/mol. The van der Waals surface area contributed by atoms with Crippen molar-refractivity contribution >= 4 is 21.7 Å². The van der Waals surface area contributed by atoms with Crippen molar-refractivity contribution in [2.45, 2.75) is 4.90 Å². The smallest absolute Gasteiger partial charge is 0.330 e. The third-order valence-corrected chi connectivity index (χ3v) is 4.36. The van der Waals surface area contributed by atoms with E-state index in [-0.39, 0.29) is 22.5 Å². The van der Waals surface area contributed by atoms with Gasteiger partial charge in [0.25, 0.3) is 15.7 Å². The molecule has 0 bridgehead atoms. The number of nitro groups is 1. The van der Waals surface area contributed by atoms with Gasteiger partial charge in [-0.25, -0.2) is 13.1 Å². The lowest BCUT2D eigenvalue weighted by Gasteiger charge is -2.03. The molecule has 0 radical (unpaired) electrons. The van der Waals surface area contributed by atoms with Crippen molar-refractivity contribution in [3.8, 4) is 11.5 Å². The molecule has 3 aromatic rings. The Bertz CT molecular complexity index is 968. The number of nitrogens with zero attached hydrogens (tertiary/aromatic N) is 3. The van der Waals surface area contributed by atoms with E-state index in [0.717, 1.165) is 24.3 Å². The quantitative estimate of drug-likeness (QED) is 0.555. The first-order valence-electron chi connectivity index (χ1n) is 6.62. The number of nitrogens with one attached hydrogen (secondary N) is 1. The maximum Gasteiger partial charge on any atom is 0.330 e. The van der Waals surface area contributed by atoms with E-state index < -0.39 is 14.9 Å². The minimum absolute atomic E-state index is 0.160. The molecular formula is C14H10N4O5S. The SMILES string of the molecule is O=[N+]([O-])c1ccc(S(=O)(=O)Nc2nnc(-c3ccccc3)o2)cc1. The molecule has 1 N–H and O–H groups in total. The van der Waals surface area contributed by atoms with Gasteiger partial charge in [0.05, 0.1) is 9.82 Å². The number of hydrogen-bond donors (Lipinski definition) is 1. The Morgan fingerprint density at radius 1 is 1.00 bits per heavy atom. The molecule has 0 fully saturated rings. The minimum Gasteiger partial charge on any atom is -0.403 e. The van der Waals surface area contributed by atoms with E-state index in [0.29, 0.717) is 5.56 Å². The van der Waals surface area contributed by atoms with Crippen molar-refractivity contribution in [2.24, 2.45) is 0 Å². The fourth-order valence-corrected chi connectivity index (χ4v) is 2.81. The summed E-state index contributed by atoms with van der Waals surface area (Å²) >= 11 is 0. The Morgan fingerprint density at radius 2 is 1.67 bits per heavy atom. The highest BCUT2D eigenvalue weighted by molar-refractivity contribution is 7.92. The number of benzene rings is 2. The number of anilines is 1. The highest BCUT2D eigenvalue weighted by atomic mass is 32.2. The van der Waals surface area contributed by atoms with E-state index in [4.69, 9.17) is 4.42 Å². The normalized spacial score (nSPS) is 11.2. The van der Waals surface area contributed by atoms with Gasteiger partial charge in [-0.2, -0.15) is 0 Å². The van der Waals surface area contributed by atoms with Crippen LogP contribution in [0.25, 0.3) is 11.5 Å². The van der Waals surface area contributed by atoms with Crippen LogP contribution in [0.1, 0.15) is 0 Å². The molecule has 1 aromatic heterocycles. The van der Waals surface area contributed by atoms with Crippen LogP contribution in [0.4, 0.5) is 11.7 Å². The van der Waals surface area contributed by atoms with Crippen LogP contribution >= 0.6 is 0 Å². The molecule has 0 spiro atoms. The Kier molecular flexibility index (Phi) is 3.96. The van der Waals surface area contributed by atoms with E-state index in [2.05, 4.69) is 14.9 Å². The van der Waals surface area contributed by atoms with Crippen molar-refractivity contribution in [3.05, 3.63) is 64.7 Å². The molecule has 0 saturated carbocycles. The Hall–Kier alpha value is -3.27. The lowest BCUT2D eigenvalue weighted by Crippen LogP contribution is -2.13. The summed E-state index contributed by atoms with van der Waals surface area (Å²) in [6, 6.07) is 13.0. The second-order valence-electron chi connectivity index (χ2n) is 4.63. The predicted molar refractivity (Wildman–Crippen MR) is 83.6 cm³/mol. The maximum absolute atomic E-state index is 12.2. The molecule has 0 unspecified atom stereocenters. The molecule has 0 saturated heterocycles. The molecule has 122 valence electrons. The van der Waals surface area contributed by atoms with Gasteiger partial charge in [0.2, 0.25) is 5.89 Å². The summed E-state index contributed by atoms with van der Waals surface area (Å²) in [7, 11) is -3.99. The van der Waals surface area contributed by atoms with Gasteiger partial charge in [0.1, 0.15) is 0 Å². The zero-order valence-electron chi connectivity index (χ0n) is 12.0. The summed E-state index contributed by atoms with van der Waals surface area (Å²) in [4.78, 5) is 9.82. The lowest BCUT2D eigenvalue weighted by atomic mass is 10.2. The van der Waals surface area contributed by atoms with Crippen LogP contribution in [0.2, 0.25) is 0 Å². The van der Waals surface area contributed by atoms with Crippen LogP contribution in [0.5, 0.6) is 0 Å². The van der Waals surface area contributed by atoms with Gasteiger partial charge in [-0.15, -0.1) is 5.10 Å². The first-order valence-corrected chi connectivity index (χ1v) is 8.10. The number of sulfonamides is 1. The van der Waals surface area contributed by atoms with E-state index in [1.54, 1.807) is 24.3 Å². The highest BCUT2D eigenvalue weighted by Crippen LogP contribution is 2.22. The van der Waals surface area contributed by atoms with Crippen LogP contribution in [0.15, 0.2) is 63.9 Å². The van der Waals surface area contributed by atoms with Crippen LogP contribution < -0.4 is 4.72 Å². The Labute approximate surface area is 136 Å². The van der Waals surface area contributed by atoms with Gasteiger partial charge in [0.15, 0.2) is 0 Å². The fraction of sp³-hybridized carbons (Fsp3) is 0. The molecule has 3 rings (SSSR count). The number of rotatable bonds is 5. The zero-order chi connectivity index (χ0) is 17.2. The number of nitro benzene ring substituents is 1. The van der Waals surface area contributed by atoms with Crippen molar-refractivity contribution < 1.29 is 17.8 Å². The standard InChI is InChI=1S/C14H10N4O5S/c19-18(20)11-6-8-12(9-7-11)24(21,22)17-14-16-15-13(23-14)10-4-2-1-3-5-10/h1-9H,(H,16,17). The molecule has 10 heteroatoms. The van der Waals surface area contributed by atoms with Gasteiger partial charge in [-0.3, -0.25) is 10.1 Å². The number of non-ortho nitro benzene ring substituents is 1. The summed E-state index contributed by atoms with van der Waals surface area (Å²) in [5, 5.41) is 18.0. The van der Waals surface area contributed by atoms with E-state index in [1.807, 2.05) is 6.07 Å². The predicted octanol–water partition coefficient (Wildman–Crippen LogP) is 2.45. The van der Waals surface area contributed by atoms with Crippen molar-refractivity contribution in [3.63, 3.8) is 0 Å². The lowest BCUT2D eigenvalue weighted by molar-refractivity contribution is -0.384. The topological polar surface area (TPSA) is 128 Å². The van der Waals surface area contributed by atoms with Crippen molar-refractivity contribution in [1.82, 2.24) is 10.2 Å². The largest absolute Gasteiger partial charge is 0.403 e. The molecule has 2 aromatic carbocycles. The molecule has 9 nitrogen and oxygen atoms in total. The molecule has 1 heterocycles. The van der Waals surface area contributed by atoms with Gasteiger partial charge in [-0.1, -0.05) is 23.3 Å². The zero-order valence-corrected chi connectivity index (χ0v) is 12.8. The monoisotopic (exact) mass is 346 g/mol. The Balaban J connectivity index is 1.82. The molecule has 0 amide bonds. The maximum atomic E-state index is 12.2. The van der Waals surface area contributed by atoms with E-state index in [9.17, 15) is 18.5 Å². The molecular weight excluding hydrogens is 336 g/mol. The van der Waals surface area contributed by atoms with Crippen molar-refractivity contribution in [1.29, 1.82) is 0 Å². The second kappa shape index (κ2) is 6.08. The molecule has 0 aliphatic rings. The van der Waals surface area contributed by atoms with Crippen LogP contribution in [0, 0.1) is 10.1 Å². The summed E-state index contributed by atoms with van der Waals surface area (Å²) in [5.41, 5.74) is 0.434. The fourth-order valence-electron chi connectivity index (χ4n) is 1.88. The summed E-state index contributed by atoms with van der Waals surface area (Å²) < 4.78 is 31.8. The summed E-state index contributed by atoms with van der Waals surface area (Å²) in [5.74, 6) is 0.164. The van der Waals surface area contributed by atoms with E-state index >= 15 is 0 Å². The Morgan fingerprint density at radius 3 is 2.29 bits per heavy atom. The average Bonchev–Trinajstić information content (AvgIpc) is 3.03. The third-order valence-electron chi connectivity index (χ3n) is 3.03. The van der Waals surface area contributed by atoms with Crippen LogP contribution in [-0.4, -0.2) is 23.5 Å². The van der Waals surface area contributed by atoms with Gasteiger partial charge in [-0.05, 0) is 24.3 Å². The second-order valence-corrected chi connectivity index (χ2v) is 6.32. The summed E-state index contributed by atoms with van der Waals surface area (Å²) in [6.45, 7) is 0. The van der Waals surface area contributed by atoms with Crippen LogP contribution in [0.3, 0.4) is 0 Å². The highest BCUT2D eigenvalue weighted by Gasteiger charge is 2.19. The molecule has 0 atom stereocenters. The molecule has 0 aliphatic carbocycles. The minimum atomic E-state index is -3.99. The molecule has 24 heavy (non-hydrogen) atoms. The number of hydrogen-bond acceptors (Lipinski definition) is 7. The van der Waals surface area contributed by atoms with E-state index in [1.165, 1.54) is 0 Å². The van der Waals surface area contributed by atoms with Gasteiger partial charge >= 0.3 is 6.01 Å². The van der Waals surface area contributed by atoms with Crippen LogP contribution in [-0.2, 0) is 10.0 Å².